The van der Waals surface area contributed by atoms with E-state index in [1.807, 2.05) is 0 Å². The van der Waals surface area contributed by atoms with Crippen LogP contribution in [0.1, 0.15) is 12.5 Å². The molecule has 0 unspecified atom stereocenters. The Morgan fingerprint density at radius 2 is 1.96 bits per heavy atom. The second kappa shape index (κ2) is 8.00. The minimum absolute atomic E-state index is 0.0819. The number of pyridine rings is 1. The number of aromatic nitrogens is 1. The van der Waals surface area contributed by atoms with Crippen LogP contribution in [-0.2, 0) is 16.1 Å². The van der Waals surface area contributed by atoms with Crippen LogP contribution in [0.4, 0.5) is 8.78 Å². The summed E-state index contributed by atoms with van der Waals surface area (Å²) < 4.78 is 31.6. The number of rotatable bonds is 6. The van der Waals surface area contributed by atoms with E-state index >= 15 is 0 Å². The Balaban J connectivity index is 2.03. The Hall–Kier alpha value is -3.03. The van der Waals surface area contributed by atoms with Gasteiger partial charge in [-0.1, -0.05) is 6.07 Å². The maximum Gasteiger partial charge on any atom is 0.239 e. The Labute approximate surface area is 136 Å². The van der Waals surface area contributed by atoms with E-state index in [0.29, 0.717) is 5.56 Å². The minimum Gasteiger partial charge on any atom is -0.439 e. The maximum atomic E-state index is 13.2. The van der Waals surface area contributed by atoms with E-state index in [-0.39, 0.29) is 36.5 Å². The summed E-state index contributed by atoms with van der Waals surface area (Å²) in [7, 11) is 0. The molecule has 2 rings (SSSR count). The van der Waals surface area contributed by atoms with Crippen molar-refractivity contribution in [2.75, 3.05) is 6.54 Å². The molecule has 2 N–H and O–H groups in total. The third-order valence-electron chi connectivity index (χ3n) is 2.93. The average molecular weight is 335 g/mol. The molecule has 2 aromatic rings. The Morgan fingerprint density at radius 1 is 1.17 bits per heavy atom. The highest BCUT2D eigenvalue weighted by molar-refractivity contribution is 5.83. The molecular weight excluding hydrogens is 320 g/mol. The number of amides is 2. The van der Waals surface area contributed by atoms with Gasteiger partial charge in [0.25, 0.3) is 0 Å². The van der Waals surface area contributed by atoms with Gasteiger partial charge in [-0.15, -0.1) is 0 Å². The van der Waals surface area contributed by atoms with Crippen LogP contribution in [0, 0.1) is 11.6 Å². The summed E-state index contributed by atoms with van der Waals surface area (Å²) in [6.07, 6.45) is 1.47. The van der Waals surface area contributed by atoms with Crippen molar-refractivity contribution in [2.24, 2.45) is 0 Å². The fourth-order valence-electron chi connectivity index (χ4n) is 1.76. The van der Waals surface area contributed by atoms with Crippen molar-refractivity contribution in [1.29, 1.82) is 0 Å². The quantitative estimate of drug-likeness (QED) is 0.845. The topological polar surface area (TPSA) is 80.3 Å². The average Bonchev–Trinajstić information content (AvgIpc) is 2.55. The lowest BCUT2D eigenvalue weighted by molar-refractivity contribution is -0.125. The van der Waals surface area contributed by atoms with Crippen molar-refractivity contribution >= 4 is 11.8 Å². The smallest absolute Gasteiger partial charge is 0.239 e. The number of hydrogen-bond acceptors (Lipinski definition) is 4. The molecule has 0 aliphatic rings. The Morgan fingerprint density at radius 3 is 2.67 bits per heavy atom. The van der Waals surface area contributed by atoms with Gasteiger partial charge in [0.1, 0.15) is 5.75 Å². The molecule has 0 aliphatic carbocycles. The lowest BCUT2D eigenvalue weighted by atomic mass is 10.2. The van der Waals surface area contributed by atoms with Gasteiger partial charge in [0, 0.05) is 31.3 Å². The zero-order chi connectivity index (χ0) is 17.5. The fraction of sp³-hybridized carbons (Fsp3) is 0.188. The number of nitrogens with zero attached hydrogens (tertiary/aromatic N) is 1. The first-order chi connectivity index (χ1) is 11.5. The molecule has 0 fully saturated rings. The molecule has 8 heteroatoms. The van der Waals surface area contributed by atoms with Crippen LogP contribution in [0.2, 0.25) is 0 Å². The van der Waals surface area contributed by atoms with E-state index in [2.05, 4.69) is 15.6 Å². The number of carbonyl (C=O) groups is 2. The molecule has 126 valence electrons. The molecule has 24 heavy (non-hydrogen) atoms. The van der Waals surface area contributed by atoms with E-state index < -0.39 is 11.6 Å². The van der Waals surface area contributed by atoms with Crippen molar-refractivity contribution in [3.8, 4) is 11.6 Å². The third kappa shape index (κ3) is 5.01. The number of benzene rings is 1. The van der Waals surface area contributed by atoms with E-state index in [1.165, 1.54) is 19.2 Å². The molecule has 1 aromatic heterocycles. The first-order valence-electron chi connectivity index (χ1n) is 7.03. The van der Waals surface area contributed by atoms with Crippen molar-refractivity contribution in [1.82, 2.24) is 15.6 Å². The molecule has 0 spiro atoms. The molecule has 6 nitrogen and oxygen atoms in total. The highest BCUT2D eigenvalue weighted by atomic mass is 19.2. The summed E-state index contributed by atoms with van der Waals surface area (Å²) in [6.45, 7) is 1.27. The largest absolute Gasteiger partial charge is 0.439 e. The summed E-state index contributed by atoms with van der Waals surface area (Å²) in [5, 5.41) is 4.97. The van der Waals surface area contributed by atoms with Gasteiger partial charge in [0.15, 0.2) is 11.6 Å². The van der Waals surface area contributed by atoms with E-state index in [0.717, 1.165) is 12.1 Å². The third-order valence-corrected chi connectivity index (χ3v) is 2.93. The van der Waals surface area contributed by atoms with Crippen molar-refractivity contribution in [3.05, 3.63) is 53.7 Å². The molecule has 0 radical (unpaired) electrons. The van der Waals surface area contributed by atoms with Gasteiger partial charge in [0.05, 0.1) is 6.54 Å². The van der Waals surface area contributed by atoms with Gasteiger partial charge in [-0.25, -0.2) is 13.8 Å². The highest BCUT2D eigenvalue weighted by Gasteiger charge is 2.10. The zero-order valence-corrected chi connectivity index (χ0v) is 12.8. The Bertz CT molecular complexity index is 753. The molecule has 1 heterocycles. The SMILES string of the molecule is CC(=O)NCC(=O)NCc1cccnc1Oc1ccc(F)c(F)c1. The lowest BCUT2D eigenvalue weighted by Gasteiger charge is -2.11. The molecule has 1 aromatic carbocycles. The molecule has 0 aliphatic heterocycles. The standard InChI is InChI=1S/C16H15F2N3O3/c1-10(22)20-9-15(23)21-8-11-3-2-6-19-16(11)24-12-4-5-13(17)14(18)7-12/h2-7H,8-9H2,1H3,(H,20,22)(H,21,23). The van der Waals surface area contributed by atoms with Gasteiger partial charge in [-0.2, -0.15) is 0 Å². The summed E-state index contributed by atoms with van der Waals surface area (Å²) in [5.41, 5.74) is 0.540. The van der Waals surface area contributed by atoms with Crippen LogP contribution in [0.25, 0.3) is 0 Å². The number of halogens is 2. The van der Waals surface area contributed by atoms with Crippen molar-refractivity contribution in [3.63, 3.8) is 0 Å². The van der Waals surface area contributed by atoms with E-state index in [9.17, 15) is 18.4 Å². The second-order valence-corrected chi connectivity index (χ2v) is 4.83. The van der Waals surface area contributed by atoms with Crippen LogP contribution < -0.4 is 15.4 Å². The molecule has 0 atom stereocenters. The van der Waals surface area contributed by atoms with Gasteiger partial charge < -0.3 is 15.4 Å². The van der Waals surface area contributed by atoms with Crippen LogP contribution in [0.3, 0.4) is 0 Å². The van der Waals surface area contributed by atoms with Crippen molar-refractivity contribution < 1.29 is 23.1 Å². The summed E-state index contributed by atoms with van der Waals surface area (Å²) in [4.78, 5) is 26.4. The lowest BCUT2D eigenvalue weighted by Crippen LogP contribution is -2.35. The number of hydrogen-bond donors (Lipinski definition) is 2. The zero-order valence-electron chi connectivity index (χ0n) is 12.8. The second-order valence-electron chi connectivity index (χ2n) is 4.83. The van der Waals surface area contributed by atoms with Gasteiger partial charge >= 0.3 is 0 Å². The predicted molar refractivity (Wildman–Crippen MR) is 81.2 cm³/mol. The monoisotopic (exact) mass is 335 g/mol. The van der Waals surface area contributed by atoms with Crippen molar-refractivity contribution in [2.45, 2.75) is 13.5 Å². The van der Waals surface area contributed by atoms with Gasteiger partial charge in [-0.3, -0.25) is 9.59 Å². The van der Waals surface area contributed by atoms with E-state index in [4.69, 9.17) is 4.74 Å². The van der Waals surface area contributed by atoms with Gasteiger partial charge in [-0.05, 0) is 18.2 Å². The van der Waals surface area contributed by atoms with Crippen LogP contribution >= 0.6 is 0 Å². The predicted octanol–water partition coefficient (Wildman–Crippen LogP) is 1.90. The fourth-order valence-corrected chi connectivity index (χ4v) is 1.76. The first kappa shape index (κ1) is 17.3. The Kier molecular flexibility index (Phi) is 5.78. The first-order valence-corrected chi connectivity index (χ1v) is 7.03. The molecule has 0 bridgehead atoms. The summed E-state index contributed by atoms with van der Waals surface area (Å²) in [5.74, 6) is -2.47. The van der Waals surface area contributed by atoms with Gasteiger partial charge in [0.2, 0.25) is 17.7 Å². The summed E-state index contributed by atoms with van der Waals surface area (Å²) >= 11 is 0. The number of nitrogens with one attached hydrogen (secondary N) is 2. The van der Waals surface area contributed by atoms with E-state index in [1.54, 1.807) is 12.1 Å². The number of carbonyl (C=O) groups excluding carboxylic acids is 2. The normalized spacial score (nSPS) is 10.1. The number of ether oxygens (including phenoxy) is 1. The minimum atomic E-state index is -1.03. The molecule has 0 saturated carbocycles. The van der Waals surface area contributed by atoms with Crippen LogP contribution in [-0.4, -0.2) is 23.3 Å². The van der Waals surface area contributed by atoms with Crippen LogP contribution in [0.15, 0.2) is 36.5 Å². The molecule has 0 saturated heterocycles. The van der Waals surface area contributed by atoms with Crippen LogP contribution in [0.5, 0.6) is 11.6 Å². The molecule has 2 amide bonds. The molecular formula is C16H15F2N3O3. The maximum absolute atomic E-state index is 13.2. The highest BCUT2D eigenvalue weighted by Crippen LogP contribution is 2.24. The summed E-state index contributed by atoms with van der Waals surface area (Å²) in [6, 6.07) is 6.44.